The Bertz CT molecular complexity index is 1170. The van der Waals surface area contributed by atoms with Gasteiger partial charge in [-0.15, -0.1) is 0 Å². The largest absolute Gasteiger partial charge is 0.423 e. The third-order valence-electron chi connectivity index (χ3n) is 9.69. The molecule has 194 valence electrons. The Morgan fingerprint density at radius 2 is 1.92 bits per heavy atom. The molecule has 3 aliphatic carbocycles. The summed E-state index contributed by atoms with van der Waals surface area (Å²) in [5.74, 6) is 0.501. The van der Waals surface area contributed by atoms with Crippen molar-refractivity contribution in [2.75, 3.05) is 5.32 Å². The molecule has 1 aromatic rings. The maximum absolute atomic E-state index is 13.4. The second-order valence-corrected chi connectivity index (χ2v) is 11.3. The summed E-state index contributed by atoms with van der Waals surface area (Å²) in [4.78, 5) is 35.3. The van der Waals surface area contributed by atoms with Crippen molar-refractivity contribution in [3.63, 3.8) is 0 Å². The number of nitro benzene ring substituents is 1. The number of carbonyl (C=O) groups excluding carboxylic acids is 2. The van der Waals surface area contributed by atoms with Crippen LogP contribution in [0.25, 0.3) is 0 Å². The van der Waals surface area contributed by atoms with E-state index in [1.807, 2.05) is 0 Å². The number of alkyl halides is 3. The summed E-state index contributed by atoms with van der Waals surface area (Å²) in [5, 5.41) is 16.8. The zero-order valence-corrected chi connectivity index (χ0v) is 20.3. The molecule has 1 aromatic carbocycles. The van der Waals surface area contributed by atoms with E-state index in [4.69, 9.17) is 0 Å². The highest BCUT2D eigenvalue weighted by molar-refractivity contribution is 5.93. The lowest BCUT2D eigenvalue weighted by Crippen LogP contribution is -2.53. The van der Waals surface area contributed by atoms with Crippen LogP contribution in [0.1, 0.15) is 64.4 Å². The SMILES string of the molecule is C[C@]12CC[C@H]3[C@@H](CC=C4NC(=O)CC[C@@]43C)[C@@H]1CC[C@@H]2C(=O)Nc1ccc([N+](=O)[O-])c(C(F)(F)F)c1. The van der Waals surface area contributed by atoms with Crippen LogP contribution in [-0.4, -0.2) is 16.7 Å². The van der Waals surface area contributed by atoms with E-state index in [9.17, 15) is 32.9 Å². The van der Waals surface area contributed by atoms with Crippen molar-refractivity contribution >= 4 is 23.2 Å². The summed E-state index contributed by atoms with van der Waals surface area (Å²) >= 11 is 0. The molecule has 5 rings (SSSR count). The van der Waals surface area contributed by atoms with E-state index in [1.54, 1.807) is 0 Å². The van der Waals surface area contributed by atoms with Crippen LogP contribution in [0.3, 0.4) is 0 Å². The van der Waals surface area contributed by atoms with Gasteiger partial charge in [0.05, 0.1) is 4.92 Å². The van der Waals surface area contributed by atoms with Gasteiger partial charge < -0.3 is 10.6 Å². The zero-order chi connectivity index (χ0) is 26.0. The number of anilines is 1. The Hall–Kier alpha value is -2.91. The molecular weight excluding hydrogens is 475 g/mol. The average molecular weight is 506 g/mol. The lowest BCUT2D eigenvalue weighted by atomic mass is 9.49. The first kappa shape index (κ1) is 24.8. The standard InChI is InChI=1S/C26H30F3N3O4/c1-24-11-9-17-15(4-8-21-25(17,2)12-10-22(33)31-21)16(24)5-6-18(24)23(34)30-14-3-7-20(32(35)36)19(13-14)26(27,28)29/h3,7-8,13,15-18H,4-6,9-12H2,1-2H3,(H,30,34)(H,31,33)/t15-,16-,17-,18+,24-,25+/m0/s1. The number of benzene rings is 1. The summed E-state index contributed by atoms with van der Waals surface area (Å²) in [7, 11) is 0. The molecule has 0 radical (unpaired) electrons. The maximum Gasteiger partial charge on any atom is 0.423 e. The average Bonchev–Trinajstić information content (AvgIpc) is 3.16. The fraction of sp³-hybridized carbons (Fsp3) is 0.615. The summed E-state index contributed by atoms with van der Waals surface area (Å²) in [6.45, 7) is 4.37. The van der Waals surface area contributed by atoms with Gasteiger partial charge in [0.2, 0.25) is 11.8 Å². The van der Waals surface area contributed by atoms with Crippen LogP contribution in [-0.2, 0) is 15.8 Å². The molecule has 0 aromatic heterocycles. The van der Waals surface area contributed by atoms with Gasteiger partial charge in [-0.1, -0.05) is 19.9 Å². The Morgan fingerprint density at radius 1 is 1.17 bits per heavy atom. The lowest BCUT2D eigenvalue weighted by molar-refractivity contribution is -0.388. The Kier molecular flexibility index (Phi) is 5.72. The van der Waals surface area contributed by atoms with Crippen molar-refractivity contribution in [2.24, 2.45) is 34.5 Å². The van der Waals surface area contributed by atoms with E-state index in [0.717, 1.165) is 49.9 Å². The van der Waals surface area contributed by atoms with Crippen molar-refractivity contribution in [1.29, 1.82) is 0 Å². The second kappa shape index (κ2) is 8.31. The molecule has 36 heavy (non-hydrogen) atoms. The van der Waals surface area contributed by atoms with E-state index in [2.05, 4.69) is 30.6 Å². The van der Waals surface area contributed by atoms with Gasteiger partial charge in [-0.2, -0.15) is 13.2 Å². The number of nitro groups is 1. The van der Waals surface area contributed by atoms with Gasteiger partial charge in [-0.3, -0.25) is 19.7 Å². The highest BCUT2D eigenvalue weighted by atomic mass is 19.4. The van der Waals surface area contributed by atoms with Crippen LogP contribution < -0.4 is 10.6 Å². The molecule has 10 heteroatoms. The quantitative estimate of drug-likeness (QED) is 0.400. The first-order chi connectivity index (χ1) is 16.8. The molecule has 0 spiro atoms. The van der Waals surface area contributed by atoms with Gasteiger partial charge in [-0.25, -0.2) is 0 Å². The van der Waals surface area contributed by atoms with Gasteiger partial charge in [-0.05, 0) is 73.8 Å². The van der Waals surface area contributed by atoms with Crippen LogP contribution in [0.5, 0.6) is 0 Å². The van der Waals surface area contributed by atoms with Crippen LogP contribution in [0.2, 0.25) is 0 Å². The van der Waals surface area contributed by atoms with Gasteiger partial charge in [0.15, 0.2) is 0 Å². The Morgan fingerprint density at radius 3 is 2.61 bits per heavy atom. The predicted molar refractivity (Wildman–Crippen MR) is 125 cm³/mol. The van der Waals surface area contributed by atoms with E-state index < -0.39 is 22.4 Å². The summed E-state index contributed by atoms with van der Waals surface area (Å²) < 4.78 is 40.2. The highest BCUT2D eigenvalue weighted by Gasteiger charge is 2.60. The third kappa shape index (κ3) is 3.80. The number of nitrogens with zero attached hydrogens (tertiary/aromatic N) is 1. The molecule has 1 saturated heterocycles. The zero-order valence-electron chi connectivity index (χ0n) is 20.3. The molecule has 0 unspecified atom stereocenters. The molecule has 7 nitrogen and oxygen atoms in total. The minimum absolute atomic E-state index is 0.0651. The van der Waals surface area contributed by atoms with E-state index >= 15 is 0 Å². The number of hydrogen-bond donors (Lipinski definition) is 2. The molecule has 2 N–H and O–H groups in total. The molecule has 2 saturated carbocycles. The first-order valence-electron chi connectivity index (χ1n) is 12.5. The van der Waals surface area contributed by atoms with Crippen molar-refractivity contribution in [3.05, 3.63) is 45.6 Å². The molecule has 6 atom stereocenters. The molecule has 1 aliphatic heterocycles. The van der Waals surface area contributed by atoms with Crippen molar-refractivity contribution in [3.8, 4) is 0 Å². The smallest absolute Gasteiger partial charge is 0.330 e. The van der Waals surface area contributed by atoms with Crippen LogP contribution in [0.4, 0.5) is 24.5 Å². The highest BCUT2D eigenvalue weighted by Crippen LogP contribution is 2.65. The fourth-order valence-electron chi connectivity index (χ4n) is 7.85. The minimum atomic E-state index is -4.91. The Labute approximate surface area is 207 Å². The molecule has 4 aliphatic rings. The number of hydrogen-bond acceptors (Lipinski definition) is 4. The lowest BCUT2D eigenvalue weighted by Gasteiger charge is -2.57. The van der Waals surface area contributed by atoms with Crippen LogP contribution in [0.15, 0.2) is 30.0 Å². The number of piperidine rings is 1. The number of amides is 2. The van der Waals surface area contributed by atoms with Crippen molar-refractivity contribution in [1.82, 2.24) is 5.32 Å². The molecule has 1 heterocycles. The minimum Gasteiger partial charge on any atom is -0.330 e. The number of carbonyl (C=O) groups is 2. The van der Waals surface area contributed by atoms with Gasteiger partial charge in [0, 0.05) is 35.2 Å². The van der Waals surface area contributed by atoms with Gasteiger partial charge in [0.25, 0.3) is 5.69 Å². The van der Waals surface area contributed by atoms with E-state index in [0.29, 0.717) is 36.7 Å². The summed E-state index contributed by atoms with van der Waals surface area (Å²) in [6, 6.07) is 2.59. The number of rotatable bonds is 3. The Balaban J connectivity index is 1.37. The van der Waals surface area contributed by atoms with Crippen molar-refractivity contribution < 1.29 is 27.7 Å². The second-order valence-electron chi connectivity index (χ2n) is 11.3. The molecule has 3 fully saturated rings. The van der Waals surface area contributed by atoms with E-state index in [-0.39, 0.29) is 34.2 Å². The van der Waals surface area contributed by atoms with Crippen LogP contribution in [0, 0.1) is 44.6 Å². The fourth-order valence-corrected chi connectivity index (χ4v) is 7.85. The van der Waals surface area contributed by atoms with Crippen molar-refractivity contribution in [2.45, 2.75) is 65.0 Å². The topological polar surface area (TPSA) is 101 Å². The number of fused-ring (bicyclic) bond motifs is 5. The maximum atomic E-state index is 13.4. The molecule has 2 amide bonds. The number of halogens is 3. The summed E-state index contributed by atoms with van der Waals surface area (Å²) in [6.07, 6.45) is 2.72. The van der Waals surface area contributed by atoms with Crippen LogP contribution >= 0.6 is 0 Å². The number of nitrogens with one attached hydrogen (secondary N) is 2. The van der Waals surface area contributed by atoms with Gasteiger partial charge >= 0.3 is 6.18 Å². The first-order valence-corrected chi connectivity index (χ1v) is 12.5. The number of allylic oxidation sites excluding steroid dienone is 2. The molecular formula is C26H30F3N3O4. The third-order valence-corrected chi connectivity index (χ3v) is 9.69. The van der Waals surface area contributed by atoms with E-state index in [1.165, 1.54) is 0 Å². The van der Waals surface area contributed by atoms with Gasteiger partial charge in [0.1, 0.15) is 5.56 Å². The predicted octanol–water partition coefficient (Wildman–Crippen LogP) is 5.81. The normalized spacial score (nSPS) is 35.6. The molecule has 0 bridgehead atoms. The monoisotopic (exact) mass is 505 g/mol. The summed E-state index contributed by atoms with van der Waals surface area (Å²) in [5.41, 5.74) is -1.82.